The summed E-state index contributed by atoms with van der Waals surface area (Å²) < 4.78 is 149. The lowest BCUT2D eigenvalue weighted by Gasteiger charge is -2.18. The van der Waals surface area contributed by atoms with Crippen molar-refractivity contribution >= 4 is 195 Å². The topological polar surface area (TPSA) is 39.4 Å². The maximum Gasteiger partial charge on any atom is 0.136 e. The van der Waals surface area contributed by atoms with Crippen molar-refractivity contribution in [3.05, 3.63) is 509 Å². The van der Waals surface area contributed by atoms with Crippen LogP contribution in [-0.2, 0) is 0 Å². The molecule has 27 aromatic carbocycles. The molecule has 0 bridgehead atoms. The van der Waals surface area contributed by atoms with Gasteiger partial charge in [-0.3, -0.25) is 0 Å². The molecule has 0 unspecified atom stereocenters. The van der Waals surface area contributed by atoms with E-state index in [1.165, 1.54) is 64.6 Å². The second-order valence-electron chi connectivity index (χ2n) is 36.1. The Morgan fingerprint density at radius 3 is 0.879 bits per heavy atom. The molecule has 0 aliphatic rings. The van der Waals surface area contributed by atoms with Crippen molar-refractivity contribution in [1.82, 2.24) is 0 Å². The van der Waals surface area contributed by atoms with Gasteiger partial charge in [0.15, 0.2) is 0 Å². The fraction of sp³-hybridized carbons (Fsp3) is 0. The van der Waals surface area contributed by atoms with E-state index in [0.29, 0.717) is 16.7 Å². The molecule has 0 fully saturated rings. The third-order valence-corrected chi connectivity index (χ3v) is 28.6. The Morgan fingerprint density at radius 1 is 0.128 bits per heavy atom. The molecule has 141 heavy (non-hydrogen) atoms. The van der Waals surface area contributed by atoms with E-state index in [0.717, 1.165) is 197 Å². The standard InChI is InChI=1S/3C46H28O/c1-2-13-31(14-3-1)43-35-16-6-8-18-37(35)44(38-19-9-7-17-36(38)43)39-21-11-23-42-46(39)45-34(20-10-22-41(45)47-42)32-27-26-30-25-24-29-12-4-5-15-33(29)40(30)28-32;1-2-13-30(14-3-1)44-36-16-6-8-18-38(36)45(39-19-9-7-17-37(39)44)41-22-11-23-42-46(41)40-27-25-31(28-43(40)47-42)33-20-10-21-34-32-15-5-4-12-29(32)24-26-35(33)34;1-2-13-29(14-3-1)44-35-19-8-10-21-37(35)45(38-22-11-9-20-36(38)44)39-23-12-24-43-46(39)41-28-31(25-26-42(41)47-43)40-27-30-15-4-5-16-32(30)33-17-6-7-18-34(33)40/h3*1-28H/i3*1D,2D,3D,13D,14D. The number of hydrogen-bond acceptors (Lipinski definition) is 3. The lowest BCUT2D eigenvalue weighted by molar-refractivity contribution is 0.668. The summed E-state index contributed by atoms with van der Waals surface area (Å²) in [5.74, 6) is 0. The van der Waals surface area contributed by atoms with Gasteiger partial charge >= 0.3 is 0 Å². The van der Waals surface area contributed by atoms with Crippen LogP contribution in [0.5, 0.6) is 0 Å². The van der Waals surface area contributed by atoms with Gasteiger partial charge in [0.05, 0.1) is 20.6 Å². The molecule has 0 N–H and O–H groups in total. The van der Waals surface area contributed by atoms with Gasteiger partial charge < -0.3 is 13.3 Å². The van der Waals surface area contributed by atoms with Gasteiger partial charge in [0.2, 0.25) is 0 Å². The Morgan fingerprint density at radius 2 is 0.404 bits per heavy atom. The predicted octanol–water partition coefficient (Wildman–Crippen LogP) is 39.6. The van der Waals surface area contributed by atoms with E-state index < -0.39 is 18.1 Å². The highest BCUT2D eigenvalue weighted by atomic mass is 16.3. The largest absolute Gasteiger partial charge is 0.456 e. The zero-order valence-electron chi connectivity index (χ0n) is 90.6. The van der Waals surface area contributed by atoms with Crippen molar-refractivity contribution in [2.24, 2.45) is 0 Å². The molecule has 654 valence electrons. The van der Waals surface area contributed by atoms with E-state index in [-0.39, 0.29) is 89.2 Å². The Balaban J connectivity index is 0.000000111. The first kappa shape index (κ1) is 66.8. The SMILES string of the molecule is [2H]c1c([2H])c([2H])c(-c2c3ccccc3c(-c3cccc4oc5cc(-c6cccc7c6ccc6ccccc67)ccc5c34)c3ccccc23)c([2H])c1[2H].[2H]c1c([2H])c([2H])c(-c2c3ccccc3c(-c3cccc4oc5ccc(-c6cc7ccccc7c7ccccc67)cc5c34)c3ccccc23)c([2H])c1[2H].[2H]c1c([2H])c([2H])c(-c2c3ccccc3c(-c3cccc4oc5cccc(-c6ccc7ccc8ccccc8c7c6)c5c34)c3ccccc23)c([2H])c1[2H]. The van der Waals surface area contributed by atoms with Crippen LogP contribution in [0.4, 0.5) is 0 Å². The van der Waals surface area contributed by atoms with Gasteiger partial charge in [0, 0.05) is 32.3 Å². The van der Waals surface area contributed by atoms with Gasteiger partial charge in [-0.2, -0.15) is 0 Å². The van der Waals surface area contributed by atoms with Crippen LogP contribution in [0.25, 0.3) is 295 Å². The second kappa shape index (κ2) is 33.2. The quantitative estimate of drug-likeness (QED) is 0.107. The molecule has 0 amide bonds. The molecule has 30 rings (SSSR count). The first-order chi connectivity index (χ1) is 76.2. The van der Waals surface area contributed by atoms with Gasteiger partial charge in [0.25, 0.3) is 0 Å². The van der Waals surface area contributed by atoms with Crippen molar-refractivity contribution in [1.29, 1.82) is 0 Å². The molecule has 0 spiro atoms. The monoisotopic (exact) mass is 1800 g/mol. The third kappa shape index (κ3) is 13.2. The van der Waals surface area contributed by atoms with Crippen LogP contribution in [0.3, 0.4) is 0 Å². The van der Waals surface area contributed by atoms with Crippen LogP contribution in [0.15, 0.2) is 522 Å². The van der Waals surface area contributed by atoms with Crippen LogP contribution in [-0.4, -0.2) is 0 Å². The summed E-state index contributed by atoms with van der Waals surface area (Å²) in [6.45, 7) is 0. The van der Waals surface area contributed by atoms with E-state index in [1.807, 2.05) is 158 Å². The number of furan rings is 3. The maximum absolute atomic E-state index is 8.93. The first-order valence-electron chi connectivity index (χ1n) is 54.8. The normalized spacial score (nSPS) is 13.3. The van der Waals surface area contributed by atoms with Gasteiger partial charge in [-0.15, -0.1) is 0 Å². The lowest BCUT2D eigenvalue weighted by atomic mass is 9.84. The number of hydrogen-bond donors (Lipinski definition) is 0. The minimum Gasteiger partial charge on any atom is -0.456 e. The molecule has 3 nitrogen and oxygen atoms in total. The van der Waals surface area contributed by atoms with Crippen molar-refractivity contribution < 1.29 is 33.8 Å². The Kier molecular flexibility index (Phi) is 15.7. The molecule has 0 aliphatic carbocycles. The van der Waals surface area contributed by atoms with Crippen molar-refractivity contribution in [2.45, 2.75) is 0 Å². The van der Waals surface area contributed by atoms with Crippen LogP contribution in [0.2, 0.25) is 0 Å². The molecule has 0 atom stereocenters. The third-order valence-electron chi connectivity index (χ3n) is 28.6. The fourth-order valence-electron chi connectivity index (χ4n) is 22.7. The smallest absolute Gasteiger partial charge is 0.136 e. The van der Waals surface area contributed by atoms with E-state index in [2.05, 4.69) is 261 Å². The zero-order chi connectivity index (χ0) is 106. The zero-order valence-corrected chi connectivity index (χ0v) is 75.6. The fourth-order valence-corrected chi connectivity index (χ4v) is 22.7. The first-order valence-corrected chi connectivity index (χ1v) is 47.3. The van der Waals surface area contributed by atoms with Gasteiger partial charge in [0.1, 0.15) is 33.5 Å². The highest BCUT2D eigenvalue weighted by Gasteiger charge is 2.28. The number of fused-ring (bicyclic) bond motifs is 24. The maximum atomic E-state index is 8.93. The summed E-state index contributed by atoms with van der Waals surface area (Å²) in [5, 5.41) is 30.8. The Bertz CT molecular complexity index is 11200. The van der Waals surface area contributed by atoms with Crippen molar-refractivity contribution in [3.8, 4) is 100 Å². The van der Waals surface area contributed by atoms with Crippen LogP contribution in [0, 0.1) is 0 Å². The molecule has 30 aromatic rings. The molecule has 0 saturated carbocycles. The summed E-state index contributed by atoms with van der Waals surface area (Å²) in [7, 11) is 0. The highest BCUT2D eigenvalue weighted by molar-refractivity contribution is 6.31. The van der Waals surface area contributed by atoms with E-state index in [1.54, 1.807) is 0 Å². The number of benzene rings is 27. The minimum atomic E-state index is -0.405. The van der Waals surface area contributed by atoms with Gasteiger partial charge in [-0.1, -0.05) is 449 Å². The average molecular weight is 1810 g/mol. The van der Waals surface area contributed by atoms with E-state index in [9.17, 15) is 0 Å². The molecule has 3 heterocycles. The van der Waals surface area contributed by atoms with Crippen molar-refractivity contribution in [2.75, 3.05) is 0 Å². The van der Waals surface area contributed by atoms with Gasteiger partial charge in [-0.25, -0.2) is 0 Å². The highest BCUT2D eigenvalue weighted by Crippen LogP contribution is 2.54. The summed E-state index contributed by atoms with van der Waals surface area (Å²) in [4.78, 5) is 0. The molecular formula is C138H84O3. The van der Waals surface area contributed by atoms with Crippen LogP contribution in [0.1, 0.15) is 20.6 Å². The summed E-state index contributed by atoms with van der Waals surface area (Å²) in [6, 6.07) is 139. The second-order valence-corrected chi connectivity index (χ2v) is 36.1. The molecule has 0 radical (unpaired) electrons. The molecular weight excluding hydrogens is 1710 g/mol. The minimum absolute atomic E-state index is 0.197. The summed E-state index contributed by atoms with van der Waals surface area (Å²) >= 11 is 0. The summed E-state index contributed by atoms with van der Waals surface area (Å²) in [6.07, 6.45) is 0. The Hall–Kier alpha value is -18.5. The predicted molar refractivity (Wildman–Crippen MR) is 600 cm³/mol. The van der Waals surface area contributed by atoms with Gasteiger partial charge in [-0.05, 0) is 290 Å². The Labute approximate surface area is 833 Å². The average Bonchev–Trinajstić information content (AvgIpc) is 1.39. The van der Waals surface area contributed by atoms with E-state index >= 15 is 0 Å². The molecule has 0 aliphatic heterocycles. The number of rotatable bonds is 9. The molecule has 3 aromatic heterocycles. The summed E-state index contributed by atoms with van der Waals surface area (Å²) in [5.41, 5.74) is 19.8. The van der Waals surface area contributed by atoms with Crippen LogP contribution < -0.4 is 0 Å². The van der Waals surface area contributed by atoms with Crippen molar-refractivity contribution in [3.63, 3.8) is 0 Å². The lowest BCUT2D eigenvalue weighted by Crippen LogP contribution is -1.91. The van der Waals surface area contributed by atoms with Crippen LogP contribution >= 0.6 is 0 Å². The molecule has 3 heteroatoms. The molecule has 0 saturated heterocycles. The van der Waals surface area contributed by atoms with E-state index in [4.69, 9.17) is 33.8 Å².